The lowest BCUT2D eigenvalue weighted by atomic mass is 10.1. The second-order valence-electron chi connectivity index (χ2n) is 8.22. The lowest BCUT2D eigenvalue weighted by molar-refractivity contribution is -0.0935. The summed E-state index contributed by atoms with van der Waals surface area (Å²) in [7, 11) is -8.27. The van der Waals surface area contributed by atoms with Crippen LogP contribution in [0.5, 0.6) is 11.5 Å². The zero-order valence-electron chi connectivity index (χ0n) is 19.9. The van der Waals surface area contributed by atoms with E-state index in [-0.39, 0.29) is 35.0 Å². The third-order valence-electron chi connectivity index (χ3n) is 5.28. The molecular weight excluding hydrogens is 522 g/mol. The van der Waals surface area contributed by atoms with Gasteiger partial charge in [0.05, 0.1) is 29.2 Å². The first-order chi connectivity index (χ1) is 17.5. The van der Waals surface area contributed by atoms with Crippen LogP contribution in [0.25, 0.3) is 0 Å². The van der Waals surface area contributed by atoms with Gasteiger partial charge in [0, 0.05) is 18.7 Å². The highest BCUT2D eigenvalue weighted by molar-refractivity contribution is 7.92. The van der Waals surface area contributed by atoms with Crippen molar-refractivity contribution in [3.63, 3.8) is 0 Å². The van der Waals surface area contributed by atoms with Gasteiger partial charge in [-0.05, 0) is 48.9 Å². The van der Waals surface area contributed by atoms with Gasteiger partial charge < -0.3 is 8.92 Å². The number of hydroxylamine groups is 2. The quantitative estimate of drug-likeness (QED) is 0.214. The van der Waals surface area contributed by atoms with Gasteiger partial charge in [-0.15, -0.1) is 5.06 Å². The fourth-order valence-electron chi connectivity index (χ4n) is 3.67. The van der Waals surface area contributed by atoms with Gasteiger partial charge in [-0.3, -0.25) is 14.4 Å². The van der Waals surface area contributed by atoms with Gasteiger partial charge in [-0.2, -0.15) is 8.42 Å². The molecule has 0 saturated heterocycles. The van der Waals surface area contributed by atoms with E-state index in [2.05, 4.69) is 0 Å². The van der Waals surface area contributed by atoms with Crippen molar-refractivity contribution in [3.8, 4) is 11.5 Å². The smallest absolute Gasteiger partial charge is 0.340 e. The minimum atomic E-state index is -4.46. The number of ether oxygens (including phenoxy) is 1. The van der Waals surface area contributed by atoms with Crippen molar-refractivity contribution in [2.45, 2.75) is 23.1 Å². The number of hydrogen-bond donors (Lipinski definition) is 0. The third kappa shape index (κ3) is 5.82. The van der Waals surface area contributed by atoms with Gasteiger partial charge >= 0.3 is 10.1 Å². The molecule has 0 aliphatic carbocycles. The monoisotopic (exact) mass is 545 g/mol. The van der Waals surface area contributed by atoms with Crippen molar-refractivity contribution in [2.75, 3.05) is 19.5 Å². The molecule has 2 amide bonds. The molecule has 37 heavy (non-hydrogen) atoms. The zero-order chi connectivity index (χ0) is 26.8. The second kappa shape index (κ2) is 10.3. The summed E-state index contributed by atoms with van der Waals surface area (Å²) < 4.78 is 60.6. The number of benzene rings is 3. The van der Waals surface area contributed by atoms with Crippen LogP contribution in [0.15, 0.2) is 76.5 Å². The molecule has 0 spiro atoms. The Balaban J connectivity index is 1.36. The Kier molecular flexibility index (Phi) is 7.35. The Morgan fingerprint density at radius 3 is 1.95 bits per heavy atom. The van der Waals surface area contributed by atoms with Gasteiger partial charge in [-0.1, -0.05) is 24.3 Å². The van der Waals surface area contributed by atoms with E-state index < -0.39 is 36.7 Å². The molecule has 0 atom stereocenters. The van der Waals surface area contributed by atoms with Gasteiger partial charge in [0.25, 0.3) is 11.8 Å². The fourth-order valence-corrected chi connectivity index (χ4v) is 6.19. The number of rotatable bonds is 10. The molecule has 3 aromatic carbocycles. The lowest BCUT2D eigenvalue weighted by Gasteiger charge is -2.14. The number of carbonyl (C=O) groups is 2. The first kappa shape index (κ1) is 26.3. The molecule has 0 fully saturated rings. The summed E-state index contributed by atoms with van der Waals surface area (Å²) >= 11 is 0. The third-order valence-corrected chi connectivity index (χ3v) is 7.87. The molecule has 0 saturated carbocycles. The van der Waals surface area contributed by atoms with E-state index >= 15 is 0 Å². The average Bonchev–Trinajstić information content (AvgIpc) is 3.07. The predicted octanol–water partition coefficient (Wildman–Crippen LogP) is 3.16. The molecule has 1 aliphatic rings. The predicted molar refractivity (Wildman–Crippen MR) is 132 cm³/mol. The Bertz CT molecular complexity index is 1550. The van der Waals surface area contributed by atoms with Gasteiger partial charge in [0.2, 0.25) is 0 Å². The number of hydrogen-bond acceptors (Lipinski definition) is 9. The van der Waals surface area contributed by atoms with Crippen molar-refractivity contribution < 1.29 is 40.2 Å². The minimum absolute atomic E-state index is 0.0251. The maximum atomic E-state index is 12.8. The Hall–Kier alpha value is -3.74. The molecule has 0 N–H and O–H groups in total. The molecule has 1 aliphatic heterocycles. The molecule has 3 aromatic rings. The lowest BCUT2D eigenvalue weighted by Crippen LogP contribution is -2.30. The highest BCUT2D eigenvalue weighted by Gasteiger charge is 2.36. The maximum absolute atomic E-state index is 12.8. The molecule has 1 heterocycles. The first-order valence-corrected chi connectivity index (χ1v) is 14.4. The first-order valence-electron chi connectivity index (χ1n) is 11.1. The van der Waals surface area contributed by atoms with Crippen molar-refractivity contribution in [1.82, 2.24) is 5.06 Å². The van der Waals surface area contributed by atoms with Crippen LogP contribution >= 0.6 is 0 Å². The van der Waals surface area contributed by atoms with Gasteiger partial charge in [0.1, 0.15) is 16.4 Å². The molecular formula is C25H23NO9S2. The molecule has 194 valence electrons. The summed E-state index contributed by atoms with van der Waals surface area (Å²) in [6.45, 7) is 1.87. The molecule has 10 nitrogen and oxygen atoms in total. The molecule has 0 unspecified atom stereocenters. The highest BCUT2D eigenvalue weighted by Crippen LogP contribution is 2.28. The Morgan fingerprint density at radius 2 is 1.32 bits per heavy atom. The number of nitrogens with zero attached hydrogens (tertiary/aromatic N) is 1. The molecule has 0 radical (unpaired) electrons. The Labute approximate surface area is 214 Å². The van der Waals surface area contributed by atoms with Crippen LogP contribution < -0.4 is 8.92 Å². The van der Waals surface area contributed by atoms with E-state index in [1.165, 1.54) is 30.3 Å². The number of amides is 2. The van der Waals surface area contributed by atoms with Gasteiger partial charge in [-0.25, -0.2) is 8.42 Å². The Morgan fingerprint density at radius 1 is 0.757 bits per heavy atom. The number of imide groups is 1. The van der Waals surface area contributed by atoms with Crippen molar-refractivity contribution >= 4 is 31.8 Å². The van der Waals surface area contributed by atoms with Crippen LogP contribution in [-0.4, -0.2) is 53.2 Å². The van der Waals surface area contributed by atoms with Crippen LogP contribution in [0.1, 0.15) is 32.7 Å². The SMILES string of the molecule is Cc1cc(OCCCON2C(=O)c3ccccc3C2=O)cc(OS(=O)(=O)c2ccccc2S(C)(=O)=O)c1. The topological polar surface area (TPSA) is 133 Å². The van der Waals surface area contributed by atoms with E-state index in [9.17, 15) is 26.4 Å². The van der Waals surface area contributed by atoms with Crippen LogP contribution in [0.3, 0.4) is 0 Å². The summed E-state index contributed by atoms with van der Waals surface area (Å²) in [4.78, 5) is 29.1. The summed E-state index contributed by atoms with van der Waals surface area (Å²) in [5, 5.41) is 0.725. The number of carbonyl (C=O) groups excluding carboxylic acids is 2. The average molecular weight is 546 g/mol. The van der Waals surface area contributed by atoms with Crippen LogP contribution in [0.4, 0.5) is 0 Å². The maximum Gasteiger partial charge on any atom is 0.340 e. The molecule has 0 aromatic heterocycles. The molecule has 0 bridgehead atoms. The number of aryl methyl sites for hydroxylation is 1. The fraction of sp³-hybridized carbons (Fsp3) is 0.200. The van der Waals surface area contributed by atoms with Crippen molar-refractivity contribution in [2.24, 2.45) is 0 Å². The van der Waals surface area contributed by atoms with Crippen LogP contribution in [-0.2, 0) is 24.8 Å². The summed E-state index contributed by atoms with van der Waals surface area (Å²) in [5.74, 6) is -0.802. The summed E-state index contributed by atoms with van der Waals surface area (Å²) in [6.07, 6.45) is 1.23. The minimum Gasteiger partial charge on any atom is -0.493 e. The van der Waals surface area contributed by atoms with E-state index in [4.69, 9.17) is 13.8 Å². The van der Waals surface area contributed by atoms with E-state index in [1.807, 2.05) is 0 Å². The summed E-state index contributed by atoms with van der Waals surface area (Å²) in [5.41, 5.74) is 1.21. The van der Waals surface area contributed by atoms with E-state index in [0.29, 0.717) is 17.7 Å². The van der Waals surface area contributed by atoms with Crippen molar-refractivity contribution in [3.05, 3.63) is 83.4 Å². The number of fused-ring (bicyclic) bond motifs is 1. The van der Waals surface area contributed by atoms with E-state index in [0.717, 1.165) is 17.4 Å². The highest BCUT2D eigenvalue weighted by atomic mass is 32.2. The second-order valence-corrected chi connectivity index (χ2v) is 11.7. The molecule has 4 rings (SSSR count). The van der Waals surface area contributed by atoms with Gasteiger partial charge in [0.15, 0.2) is 9.84 Å². The van der Waals surface area contributed by atoms with Crippen molar-refractivity contribution in [1.29, 1.82) is 0 Å². The zero-order valence-corrected chi connectivity index (χ0v) is 21.5. The van der Waals surface area contributed by atoms with Crippen LogP contribution in [0, 0.1) is 6.92 Å². The normalized spacial score (nSPS) is 13.5. The summed E-state index contributed by atoms with van der Waals surface area (Å²) in [6, 6.07) is 16.1. The molecule has 12 heteroatoms. The van der Waals surface area contributed by atoms with E-state index in [1.54, 1.807) is 37.3 Å². The standard InChI is InChI=1S/C25H23NO9S2/c1-17-14-18(33-12-7-13-34-26-24(27)20-8-3-4-9-21(20)25(26)28)16-19(15-17)35-37(31,32)23-11-6-5-10-22(23)36(2,29)30/h3-6,8-11,14-16H,7,12-13H2,1-2H3. The largest absolute Gasteiger partial charge is 0.493 e. The number of sulfone groups is 1. The van der Waals surface area contributed by atoms with Crippen LogP contribution in [0.2, 0.25) is 0 Å².